The predicted octanol–water partition coefficient (Wildman–Crippen LogP) is 1.97. The Bertz CT molecular complexity index is 601. The molecule has 2 N–H and O–H groups in total. The van der Waals surface area contributed by atoms with Gasteiger partial charge in [-0.05, 0) is 26.0 Å². The molecule has 7 heteroatoms. The van der Waals surface area contributed by atoms with Crippen molar-refractivity contribution in [2.45, 2.75) is 32.8 Å². The van der Waals surface area contributed by atoms with Crippen molar-refractivity contribution in [3.63, 3.8) is 0 Å². The van der Waals surface area contributed by atoms with E-state index < -0.39 is 23.0 Å². The molecule has 1 amide bonds. The Morgan fingerprint density at radius 1 is 1.41 bits per heavy atom. The van der Waals surface area contributed by atoms with Crippen molar-refractivity contribution in [2.75, 3.05) is 6.61 Å². The van der Waals surface area contributed by atoms with Gasteiger partial charge >= 0.3 is 0 Å². The van der Waals surface area contributed by atoms with Crippen molar-refractivity contribution < 1.29 is 23.4 Å². The molecule has 0 aromatic heterocycles. The third kappa shape index (κ3) is 3.79. The number of carbonyl (C=O) groups excluding carboxylic acids is 1. The summed E-state index contributed by atoms with van der Waals surface area (Å²) >= 11 is 0. The number of nitrogens with zero attached hydrogens (tertiary/aromatic N) is 1. The van der Waals surface area contributed by atoms with Crippen molar-refractivity contribution in [2.24, 2.45) is 11.0 Å². The van der Waals surface area contributed by atoms with Crippen molar-refractivity contribution in [3.8, 4) is 5.75 Å². The Labute approximate surface area is 127 Å². The van der Waals surface area contributed by atoms with Crippen LogP contribution < -0.4 is 10.2 Å². The molecule has 0 aliphatic carbocycles. The average Bonchev–Trinajstić information content (AvgIpc) is 2.36. The SMILES string of the molecule is C[C@@H]1CC(=O)NN=C1c1cc(F)c(OCC(C)(C)O)c(F)c1. The summed E-state index contributed by atoms with van der Waals surface area (Å²) in [5.41, 5.74) is 1.75. The van der Waals surface area contributed by atoms with Crippen LogP contribution in [-0.2, 0) is 4.79 Å². The molecular formula is C15H18F2N2O3. The number of benzene rings is 1. The predicted molar refractivity (Wildman–Crippen MR) is 76.6 cm³/mol. The average molecular weight is 312 g/mol. The number of ether oxygens (including phenoxy) is 1. The van der Waals surface area contributed by atoms with Gasteiger partial charge in [0.2, 0.25) is 5.91 Å². The number of carbonyl (C=O) groups is 1. The molecule has 0 saturated carbocycles. The number of amides is 1. The molecule has 0 unspecified atom stereocenters. The first kappa shape index (κ1) is 16.4. The zero-order valence-corrected chi connectivity index (χ0v) is 12.6. The van der Waals surface area contributed by atoms with Gasteiger partial charge in [0.25, 0.3) is 0 Å². The maximum absolute atomic E-state index is 14.1. The third-order valence-corrected chi connectivity index (χ3v) is 3.12. The van der Waals surface area contributed by atoms with Crippen LogP contribution in [-0.4, -0.2) is 28.9 Å². The number of nitrogens with one attached hydrogen (secondary N) is 1. The lowest BCUT2D eigenvalue weighted by Gasteiger charge is -2.21. The third-order valence-electron chi connectivity index (χ3n) is 3.12. The van der Waals surface area contributed by atoms with E-state index in [9.17, 15) is 18.7 Å². The van der Waals surface area contributed by atoms with Crippen LogP contribution in [0.25, 0.3) is 0 Å². The molecule has 22 heavy (non-hydrogen) atoms. The highest BCUT2D eigenvalue weighted by Gasteiger charge is 2.25. The second-order valence-electron chi connectivity index (χ2n) is 6.01. The van der Waals surface area contributed by atoms with Crippen LogP contribution in [0.3, 0.4) is 0 Å². The Hall–Kier alpha value is -2.02. The molecule has 5 nitrogen and oxygen atoms in total. The molecule has 0 bridgehead atoms. The molecule has 1 aliphatic rings. The Kier molecular flexibility index (Phi) is 4.46. The van der Waals surface area contributed by atoms with Gasteiger partial charge in [-0.15, -0.1) is 0 Å². The largest absolute Gasteiger partial charge is 0.485 e. The molecule has 2 rings (SSSR count). The zero-order valence-electron chi connectivity index (χ0n) is 12.6. The highest BCUT2D eigenvalue weighted by atomic mass is 19.1. The second kappa shape index (κ2) is 6.00. The molecule has 120 valence electrons. The van der Waals surface area contributed by atoms with Gasteiger partial charge in [-0.2, -0.15) is 5.10 Å². The Balaban J connectivity index is 2.28. The molecule has 0 radical (unpaired) electrons. The van der Waals surface area contributed by atoms with E-state index in [2.05, 4.69) is 10.5 Å². The maximum atomic E-state index is 14.1. The molecule has 1 aliphatic heterocycles. The van der Waals surface area contributed by atoms with Crippen LogP contribution in [0, 0.1) is 17.6 Å². The van der Waals surface area contributed by atoms with E-state index in [0.29, 0.717) is 5.71 Å². The van der Waals surface area contributed by atoms with Gasteiger partial charge in [0, 0.05) is 17.9 Å². The smallest absolute Gasteiger partial charge is 0.240 e. The van der Waals surface area contributed by atoms with Gasteiger partial charge < -0.3 is 9.84 Å². The minimum atomic E-state index is -1.20. The Morgan fingerprint density at radius 3 is 2.50 bits per heavy atom. The first-order valence-electron chi connectivity index (χ1n) is 6.88. The quantitative estimate of drug-likeness (QED) is 0.893. The fourth-order valence-corrected chi connectivity index (χ4v) is 2.10. The minimum absolute atomic E-state index is 0.207. The number of hydrogen-bond acceptors (Lipinski definition) is 4. The summed E-state index contributed by atoms with van der Waals surface area (Å²) in [4.78, 5) is 11.2. The summed E-state index contributed by atoms with van der Waals surface area (Å²) in [5.74, 6) is -2.78. The van der Waals surface area contributed by atoms with E-state index in [-0.39, 0.29) is 30.4 Å². The summed E-state index contributed by atoms with van der Waals surface area (Å²) < 4.78 is 33.1. The minimum Gasteiger partial charge on any atom is -0.485 e. The highest BCUT2D eigenvalue weighted by Crippen LogP contribution is 2.27. The molecule has 1 atom stereocenters. The van der Waals surface area contributed by atoms with E-state index in [1.807, 2.05) is 0 Å². The van der Waals surface area contributed by atoms with E-state index in [1.54, 1.807) is 6.92 Å². The molecule has 1 aromatic rings. The first-order chi connectivity index (χ1) is 10.2. The highest BCUT2D eigenvalue weighted by molar-refractivity contribution is 6.05. The van der Waals surface area contributed by atoms with E-state index in [1.165, 1.54) is 13.8 Å². The normalized spacial score (nSPS) is 18.7. The lowest BCUT2D eigenvalue weighted by atomic mass is 9.94. The fourth-order valence-electron chi connectivity index (χ4n) is 2.10. The molecule has 1 aromatic carbocycles. The molecular weight excluding hydrogens is 294 g/mol. The molecule has 0 fully saturated rings. The van der Waals surface area contributed by atoms with E-state index >= 15 is 0 Å². The Morgan fingerprint density at radius 2 is 2.00 bits per heavy atom. The molecule has 0 spiro atoms. The van der Waals surface area contributed by atoms with Crippen LogP contribution >= 0.6 is 0 Å². The van der Waals surface area contributed by atoms with Gasteiger partial charge in [-0.25, -0.2) is 14.2 Å². The van der Waals surface area contributed by atoms with Crippen molar-refractivity contribution in [1.29, 1.82) is 0 Å². The van der Waals surface area contributed by atoms with Crippen LogP contribution in [0.15, 0.2) is 17.2 Å². The first-order valence-corrected chi connectivity index (χ1v) is 6.88. The van der Waals surface area contributed by atoms with Gasteiger partial charge in [0.1, 0.15) is 6.61 Å². The fraction of sp³-hybridized carbons (Fsp3) is 0.467. The second-order valence-corrected chi connectivity index (χ2v) is 6.01. The number of hydrazone groups is 1. The lowest BCUT2D eigenvalue weighted by molar-refractivity contribution is -0.121. The number of halogens is 2. The topological polar surface area (TPSA) is 70.9 Å². The van der Waals surface area contributed by atoms with Crippen LogP contribution in [0.1, 0.15) is 32.8 Å². The summed E-state index contributed by atoms with van der Waals surface area (Å²) in [7, 11) is 0. The molecule has 0 saturated heterocycles. The van der Waals surface area contributed by atoms with Crippen LogP contribution in [0.4, 0.5) is 8.78 Å². The van der Waals surface area contributed by atoms with Crippen molar-refractivity contribution in [1.82, 2.24) is 5.43 Å². The number of hydrogen-bond donors (Lipinski definition) is 2. The number of rotatable bonds is 4. The molecule has 1 heterocycles. The van der Waals surface area contributed by atoms with Crippen LogP contribution in [0.2, 0.25) is 0 Å². The summed E-state index contributed by atoms with van der Waals surface area (Å²) in [5, 5.41) is 13.4. The van der Waals surface area contributed by atoms with Gasteiger partial charge in [-0.1, -0.05) is 6.92 Å². The zero-order chi connectivity index (χ0) is 16.5. The van der Waals surface area contributed by atoms with Crippen molar-refractivity contribution in [3.05, 3.63) is 29.3 Å². The van der Waals surface area contributed by atoms with E-state index in [4.69, 9.17) is 4.74 Å². The summed E-state index contributed by atoms with van der Waals surface area (Å²) in [6.45, 7) is 4.45. The maximum Gasteiger partial charge on any atom is 0.240 e. The summed E-state index contributed by atoms with van der Waals surface area (Å²) in [6.07, 6.45) is 0.207. The number of aliphatic hydroxyl groups is 1. The summed E-state index contributed by atoms with van der Waals surface area (Å²) in [6, 6.07) is 2.21. The van der Waals surface area contributed by atoms with Crippen LogP contribution in [0.5, 0.6) is 5.75 Å². The standard InChI is InChI=1S/C15H18F2N2O3/c1-8-4-12(20)18-19-13(8)9-5-10(16)14(11(17)6-9)22-7-15(2,3)21/h5-6,8,21H,4,7H2,1-3H3,(H,18,20)/t8-/m1/s1. The van der Waals surface area contributed by atoms with Gasteiger partial charge in [0.05, 0.1) is 11.3 Å². The van der Waals surface area contributed by atoms with Gasteiger partial charge in [-0.3, -0.25) is 4.79 Å². The lowest BCUT2D eigenvalue weighted by Crippen LogP contribution is -2.32. The van der Waals surface area contributed by atoms with E-state index in [0.717, 1.165) is 12.1 Å². The van der Waals surface area contributed by atoms with Crippen molar-refractivity contribution >= 4 is 11.6 Å². The monoisotopic (exact) mass is 312 g/mol. The van der Waals surface area contributed by atoms with Gasteiger partial charge in [0.15, 0.2) is 17.4 Å².